The molecule has 280 valence electrons. The van der Waals surface area contributed by atoms with Crippen molar-refractivity contribution in [3.63, 3.8) is 0 Å². The number of allylic oxidation sites excluding steroid dienone is 1. The van der Waals surface area contributed by atoms with Gasteiger partial charge in [-0.3, -0.25) is 19.5 Å². The van der Waals surface area contributed by atoms with E-state index in [4.69, 9.17) is 26.1 Å². The van der Waals surface area contributed by atoms with Crippen LogP contribution in [0.15, 0.2) is 110 Å². The van der Waals surface area contributed by atoms with Crippen LogP contribution in [0.2, 0.25) is 5.02 Å². The van der Waals surface area contributed by atoms with Gasteiger partial charge in [0.1, 0.15) is 11.8 Å². The second-order valence-corrected chi connectivity index (χ2v) is 14.9. The van der Waals surface area contributed by atoms with Crippen molar-refractivity contribution in [2.45, 2.75) is 56.3 Å². The van der Waals surface area contributed by atoms with Gasteiger partial charge < -0.3 is 14.0 Å². The average Bonchev–Trinajstić information content (AvgIpc) is 3.73. The predicted molar refractivity (Wildman–Crippen MR) is 213 cm³/mol. The fourth-order valence-electron chi connectivity index (χ4n) is 6.71. The molecule has 55 heavy (non-hydrogen) atoms. The maximum absolute atomic E-state index is 14.8. The molecule has 15 heteroatoms. The van der Waals surface area contributed by atoms with E-state index in [0.717, 1.165) is 27.7 Å². The summed E-state index contributed by atoms with van der Waals surface area (Å²) in [5.74, 6) is 0.541. The number of esters is 1. The summed E-state index contributed by atoms with van der Waals surface area (Å²) >= 11 is 8.70. The van der Waals surface area contributed by atoms with Gasteiger partial charge in [-0.15, -0.1) is 10.2 Å². The Morgan fingerprint density at radius 2 is 1.87 bits per heavy atom. The van der Waals surface area contributed by atoms with Gasteiger partial charge in [0.15, 0.2) is 15.8 Å². The van der Waals surface area contributed by atoms with Crippen LogP contribution in [-0.4, -0.2) is 43.9 Å². The van der Waals surface area contributed by atoms with E-state index in [2.05, 4.69) is 10.2 Å². The highest BCUT2D eigenvalue weighted by molar-refractivity contribution is 7.99. The minimum Gasteiger partial charge on any atom is -0.496 e. The first kappa shape index (κ1) is 37.7. The third-order valence-electron chi connectivity index (χ3n) is 9.12. The molecule has 0 radical (unpaired) electrons. The number of methoxy groups -OCH3 is 1. The van der Waals surface area contributed by atoms with Crippen LogP contribution in [0.5, 0.6) is 5.75 Å². The maximum Gasteiger partial charge on any atom is 0.338 e. The van der Waals surface area contributed by atoms with Crippen molar-refractivity contribution < 1.29 is 19.2 Å². The summed E-state index contributed by atoms with van der Waals surface area (Å²) in [5.41, 5.74) is 2.06. The van der Waals surface area contributed by atoms with Gasteiger partial charge >= 0.3 is 5.97 Å². The molecule has 0 N–H and O–H groups in total. The Labute approximate surface area is 328 Å². The number of ether oxygens (including phenoxy) is 2. The standard InChI is InChI=1S/C40H35ClN6O6S2/c1-5-11-29-34(38(49)53-7-3)35(33-28-15-9-8-12-23(28)16-18-30(33)52-4)46-37(48)32(55-39(46)42-29)22-25-21-27(47(50)51)17-19-31(25)54-40-44-43-36(45(40)6-2)24-13-10-14-26(41)20-24/h8-10,12-22,35H,5-7,11H2,1-4H3/b32-22+/t35-/m0/s1. The van der Waals surface area contributed by atoms with Gasteiger partial charge in [0.2, 0.25) is 0 Å². The molecule has 4 aromatic carbocycles. The summed E-state index contributed by atoms with van der Waals surface area (Å²) in [4.78, 5) is 46.1. The van der Waals surface area contributed by atoms with E-state index < -0.39 is 22.5 Å². The number of rotatable bonds is 12. The number of nitro benzene ring substituents is 1. The number of hydrogen-bond donors (Lipinski definition) is 0. The molecule has 0 fully saturated rings. The molecule has 1 atom stereocenters. The van der Waals surface area contributed by atoms with E-state index in [1.807, 2.05) is 73.0 Å². The number of carbonyl (C=O) groups is 1. The van der Waals surface area contributed by atoms with E-state index in [-0.39, 0.29) is 22.4 Å². The minimum atomic E-state index is -0.938. The first-order valence-corrected chi connectivity index (χ1v) is 19.6. The fraction of sp³-hybridized carbons (Fsp3) is 0.225. The monoisotopic (exact) mass is 794 g/mol. The Kier molecular flexibility index (Phi) is 11.0. The topological polar surface area (TPSA) is 144 Å². The van der Waals surface area contributed by atoms with Crippen molar-refractivity contribution in [1.29, 1.82) is 0 Å². The molecule has 1 aliphatic heterocycles. The number of thiazole rings is 1. The molecule has 0 spiro atoms. The molecule has 0 aliphatic carbocycles. The Morgan fingerprint density at radius 1 is 1.05 bits per heavy atom. The third-order valence-corrected chi connectivity index (χ3v) is 11.4. The van der Waals surface area contributed by atoms with Gasteiger partial charge in [-0.25, -0.2) is 9.79 Å². The maximum atomic E-state index is 14.8. The summed E-state index contributed by atoms with van der Waals surface area (Å²) in [6.07, 6.45) is 2.78. The molecule has 0 saturated heterocycles. The zero-order valence-electron chi connectivity index (χ0n) is 30.3. The fourth-order valence-corrected chi connectivity index (χ4v) is 8.89. The number of halogens is 1. The number of nitro groups is 1. The normalized spacial score (nSPS) is 14.2. The zero-order chi connectivity index (χ0) is 38.8. The molecule has 12 nitrogen and oxygen atoms in total. The lowest BCUT2D eigenvalue weighted by molar-refractivity contribution is -0.384. The SMILES string of the molecule is CCCC1=C(C(=O)OCC)[C@H](c2c(OC)ccc3ccccc23)n2c(s/c(=C/c3cc([N+](=O)[O-])ccc3Sc3nnc(-c4cccc(Cl)c4)n3CC)c2=O)=N1. The summed E-state index contributed by atoms with van der Waals surface area (Å²) in [5, 5.41) is 23.7. The number of non-ortho nitro benzene ring substituents is 1. The molecular weight excluding hydrogens is 760 g/mol. The minimum absolute atomic E-state index is 0.130. The number of hydrogen-bond acceptors (Lipinski definition) is 11. The first-order valence-electron chi connectivity index (χ1n) is 17.6. The number of fused-ring (bicyclic) bond motifs is 2. The van der Waals surface area contributed by atoms with Crippen LogP contribution in [-0.2, 0) is 16.1 Å². The second-order valence-electron chi connectivity index (χ2n) is 12.5. The quantitative estimate of drug-likeness (QED) is 0.0691. The molecule has 2 aromatic heterocycles. The largest absolute Gasteiger partial charge is 0.496 e. The summed E-state index contributed by atoms with van der Waals surface area (Å²) in [6.45, 7) is 6.37. The molecule has 6 aromatic rings. The van der Waals surface area contributed by atoms with Crippen molar-refractivity contribution in [2.24, 2.45) is 4.99 Å². The predicted octanol–water partition coefficient (Wildman–Crippen LogP) is 7.73. The lowest BCUT2D eigenvalue weighted by Crippen LogP contribution is -2.40. The van der Waals surface area contributed by atoms with Crippen LogP contribution in [0.4, 0.5) is 5.69 Å². The van der Waals surface area contributed by atoms with Gasteiger partial charge in [-0.05, 0) is 78.7 Å². The van der Waals surface area contributed by atoms with Crippen LogP contribution in [0.25, 0.3) is 28.2 Å². The highest BCUT2D eigenvalue weighted by Gasteiger charge is 2.37. The van der Waals surface area contributed by atoms with Crippen molar-refractivity contribution >= 4 is 63.2 Å². The molecule has 3 heterocycles. The smallest absolute Gasteiger partial charge is 0.338 e. The van der Waals surface area contributed by atoms with Crippen molar-refractivity contribution in [3.8, 4) is 17.1 Å². The zero-order valence-corrected chi connectivity index (χ0v) is 32.7. The van der Waals surface area contributed by atoms with Gasteiger partial charge in [0.05, 0.1) is 34.4 Å². The highest BCUT2D eigenvalue weighted by Crippen LogP contribution is 2.41. The molecule has 1 aliphatic rings. The molecular formula is C40H35ClN6O6S2. The Balaban J connectivity index is 1.44. The van der Waals surface area contributed by atoms with Gasteiger partial charge in [0, 0.05) is 39.7 Å². The van der Waals surface area contributed by atoms with Gasteiger partial charge in [0.25, 0.3) is 11.2 Å². The van der Waals surface area contributed by atoms with Crippen molar-refractivity contribution in [3.05, 3.63) is 136 Å². The summed E-state index contributed by atoms with van der Waals surface area (Å²) < 4.78 is 15.2. The Morgan fingerprint density at radius 3 is 2.60 bits per heavy atom. The van der Waals surface area contributed by atoms with Crippen LogP contribution in [0.3, 0.4) is 0 Å². The summed E-state index contributed by atoms with van der Waals surface area (Å²) in [7, 11) is 1.55. The third kappa shape index (κ3) is 7.20. The second kappa shape index (κ2) is 16.0. The van der Waals surface area contributed by atoms with E-state index in [1.165, 1.54) is 28.5 Å². The van der Waals surface area contributed by atoms with Crippen LogP contribution < -0.4 is 19.6 Å². The van der Waals surface area contributed by atoms with Crippen LogP contribution in [0.1, 0.15) is 50.8 Å². The number of aromatic nitrogens is 4. The number of carbonyl (C=O) groups excluding carboxylic acids is 1. The van der Waals surface area contributed by atoms with E-state index >= 15 is 0 Å². The summed E-state index contributed by atoms with van der Waals surface area (Å²) in [6, 6.07) is 22.4. The van der Waals surface area contributed by atoms with E-state index in [9.17, 15) is 19.7 Å². The van der Waals surface area contributed by atoms with E-state index in [1.54, 1.807) is 32.2 Å². The Bertz CT molecular complexity index is 2700. The first-order chi connectivity index (χ1) is 26.7. The molecule has 7 rings (SSSR count). The number of nitrogens with zero attached hydrogens (tertiary/aromatic N) is 6. The highest BCUT2D eigenvalue weighted by atomic mass is 35.5. The molecule has 0 saturated carbocycles. The Hall–Kier alpha value is -5.57. The van der Waals surface area contributed by atoms with E-state index in [0.29, 0.717) is 67.7 Å². The van der Waals surface area contributed by atoms with Crippen molar-refractivity contribution in [1.82, 2.24) is 19.3 Å². The lowest BCUT2D eigenvalue weighted by atomic mass is 9.90. The van der Waals surface area contributed by atoms with Gasteiger partial charge in [-0.2, -0.15) is 0 Å². The molecule has 0 bridgehead atoms. The van der Waals surface area contributed by atoms with Crippen LogP contribution >= 0.6 is 34.7 Å². The number of benzene rings is 4. The van der Waals surface area contributed by atoms with Crippen molar-refractivity contribution in [2.75, 3.05) is 13.7 Å². The van der Waals surface area contributed by atoms with Gasteiger partial charge in [-0.1, -0.05) is 78.7 Å². The average molecular weight is 795 g/mol. The molecule has 0 amide bonds. The van der Waals surface area contributed by atoms with Crippen LogP contribution in [0, 0.1) is 10.1 Å². The molecule has 0 unspecified atom stereocenters. The lowest BCUT2D eigenvalue weighted by Gasteiger charge is -2.28.